The number of hydrogen-bond acceptors (Lipinski definition) is 1. The SMILES string of the molecule is CCCCP1(=S)C=[P+](c2c(C(C)(C)C)cc(C(C)(C)C)cc2C(C)(C)C)C1c1c(C(C)(C)C)cc(C(C)(C)C)cc1C(C)(C)C. The monoisotopic (exact) mass is 667 g/mol. The quantitative estimate of drug-likeness (QED) is 0.286. The second kappa shape index (κ2) is 12.3. The normalized spacial score (nSPS) is 21.0. The highest BCUT2D eigenvalue weighted by molar-refractivity contribution is 8.31. The van der Waals surface area contributed by atoms with Crippen LogP contribution < -0.4 is 5.30 Å². The van der Waals surface area contributed by atoms with Crippen molar-refractivity contribution in [2.75, 3.05) is 6.16 Å². The Kier molecular flexibility index (Phi) is 10.6. The molecule has 45 heavy (non-hydrogen) atoms. The topological polar surface area (TPSA) is 0 Å². The second-order valence-corrected chi connectivity index (χ2v) is 28.1. The van der Waals surface area contributed by atoms with Gasteiger partial charge in [-0.2, -0.15) is 0 Å². The molecule has 1 aliphatic rings. The van der Waals surface area contributed by atoms with Crippen LogP contribution in [-0.2, 0) is 44.3 Å². The van der Waals surface area contributed by atoms with E-state index in [0.717, 1.165) is 0 Å². The Morgan fingerprint density at radius 2 is 0.889 bits per heavy atom. The summed E-state index contributed by atoms with van der Waals surface area (Å²) in [6.45, 7) is 45.8. The van der Waals surface area contributed by atoms with Gasteiger partial charge in [0, 0.05) is 16.7 Å². The zero-order valence-corrected chi connectivity index (χ0v) is 35.5. The minimum atomic E-state index is -1.76. The Balaban J connectivity index is 2.64. The van der Waals surface area contributed by atoms with E-state index in [2.05, 4.69) is 161 Å². The molecule has 0 aliphatic carbocycles. The predicted octanol–water partition coefficient (Wildman–Crippen LogP) is 13.3. The van der Waals surface area contributed by atoms with Crippen LogP contribution in [0.5, 0.6) is 0 Å². The minimum absolute atomic E-state index is 0.0217. The van der Waals surface area contributed by atoms with Crippen LogP contribution in [0, 0.1) is 0 Å². The van der Waals surface area contributed by atoms with E-state index < -0.39 is 13.6 Å². The van der Waals surface area contributed by atoms with Gasteiger partial charge in [-0.1, -0.05) is 174 Å². The van der Waals surface area contributed by atoms with Crippen molar-refractivity contribution in [3.63, 3.8) is 0 Å². The van der Waals surface area contributed by atoms with Crippen molar-refractivity contribution >= 4 is 36.2 Å². The summed E-state index contributed by atoms with van der Waals surface area (Å²) in [5, 5.41) is 2.06. The highest BCUT2D eigenvalue weighted by Crippen LogP contribution is 2.79. The van der Waals surface area contributed by atoms with Gasteiger partial charge in [-0.25, -0.2) is 0 Å². The van der Waals surface area contributed by atoms with Gasteiger partial charge in [0.15, 0.2) is 10.7 Å². The predicted molar refractivity (Wildman–Crippen MR) is 215 cm³/mol. The number of benzene rings is 2. The maximum Gasteiger partial charge on any atom is 0.180 e. The Morgan fingerprint density at radius 3 is 1.18 bits per heavy atom. The third-order valence-corrected chi connectivity index (χ3v) is 20.6. The highest BCUT2D eigenvalue weighted by atomic mass is 32.4. The van der Waals surface area contributed by atoms with Crippen molar-refractivity contribution in [2.24, 2.45) is 0 Å². The summed E-state index contributed by atoms with van der Waals surface area (Å²) < 4.78 is 0. The molecule has 3 atom stereocenters. The second-order valence-electron chi connectivity index (χ2n) is 20.2. The van der Waals surface area contributed by atoms with E-state index in [9.17, 15) is 0 Å². The third-order valence-electron chi connectivity index (χ3n) is 9.63. The van der Waals surface area contributed by atoms with E-state index in [4.69, 9.17) is 11.8 Å². The van der Waals surface area contributed by atoms with E-state index in [-0.39, 0.29) is 32.5 Å². The molecule has 0 nitrogen and oxygen atoms in total. The molecular formula is C42H69P2S+. The summed E-state index contributed by atoms with van der Waals surface area (Å²) in [7, 11) is -0.600. The summed E-state index contributed by atoms with van der Waals surface area (Å²) in [4.78, 5) is 0. The smallest absolute Gasteiger partial charge is 0.0840 e. The summed E-state index contributed by atoms with van der Waals surface area (Å²) >= 11 is 6.98. The molecule has 3 heteroatoms. The van der Waals surface area contributed by atoms with Crippen LogP contribution in [0.15, 0.2) is 24.3 Å². The Labute approximate surface area is 286 Å². The zero-order valence-electron chi connectivity index (χ0n) is 32.9. The van der Waals surface area contributed by atoms with Gasteiger partial charge < -0.3 is 0 Å². The first kappa shape index (κ1) is 38.7. The molecule has 0 bridgehead atoms. The fourth-order valence-electron chi connectivity index (χ4n) is 6.69. The Morgan fingerprint density at radius 1 is 0.556 bits per heavy atom. The first-order valence-corrected chi connectivity index (χ1v) is 22.2. The largest absolute Gasteiger partial charge is 0.180 e. The molecule has 0 fully saturated rings. The average Bonchev–Trinajstić information content (AvgIpc) is 2.81. The molecule has 0 amide bonds. The summed E-state index contributed by atoms with van der Waals surface area (Å²) in [5.74, 6) is 0. The molecule has 2 aromatic rings. The van der Waals surface area contributed by atoms with Crippen LogP contribution in [0.4, 0.5) is 0 Å². The minimum Gasteiger partial charge on any atom is -0.0840 e. The Hall–Kier alpha value is -0.740. The molecule has 0 saturated heterocycles. The molecule has 0 N–H and O–H groups in total. The highest BCUT2D eigenvalue weighted by Gasteiger charge is 2.56. The van der Waals surface area contributed by atoms with Gasteiger partial charge in [-0.15, -0.1) is 0 Å². The van der Waals surface area contributed by atoms with Crippen LogP contribution in [0.3, 0.4) is 0 Å². The standard InChI is InChI=1S/C42H69P2S/c1-20-21-22-44(45)27-43(35-32(41(14,15)16)25-29(38(5,6)7)26-33(35)42(17,18)19)36(44)34-30(39(8,9)10)23-28(37(2,3)4)24-31(34)40(11,12)13/h23-27,36H,20-22H2,1-19H3/q+1. The van der Waals surface area contributed by atoms with Crippen molar-refractivity contribution in [1.82, 2.24) is 0 Å². The maximum atomic E-state index is 6.98. The van der Waals surface area contributed by atoms with E-state index in [1.54, 1.807) is 22.0 Å². The number of rotatable bonds is 5. The van der Waals surface area contributed by atoms with Crippen molar-refractivity contribution in [2.45, 2.75) is 182 Å². The first-order valence-electron chi connectivity index (χ1n) is 17.6. The summed E-state index contributed by atoms with van der Waals surface area (Å²) in [6, 6.07) is 8.59. The molecule has 0 radical (unpaired) electrons. The molecule has 3 unspecified atom stereocenters. The number of unbranched alkanes of at least 4 members (excludes halogenated alkanes) is 1. The lowest BCUT2D eigenvalue weighted by Gasteiger charge is -2.41. The van der Waals surface area contributed by atoms with Gasteiger partial charge in [0.05, 0.1) is 6.04 Å². The molecule has 0 saturated carbocycles. The number of hydrogen-bond donors (Lipinski definition) is 0. The summed E-state index contributed by atoms with van der Waals surface area (Å²) in [5.41, 5.74) is 13.8. The van der Waals surface area contributed by atoms with Crippen LogP contribution >= 0.6 is 13.6 Å². The van der Waals surface area contributed by atoms with E-state index in [0.29, 0.717) is 5.40 Å². The van der Waals surface area contributed by atoms with Gasteiger partial charge in [-0.3, -0.25) is 0 Å². The van der Waals surface area contributed by atoms with Gasteiger partial charge in [-0.05, 0) is 67.3 Å². The lowest BCUT2D eigenvalue weighted by Crippen LogP contribution is -2.34. The van der Waals surface area contributed by atoms with Gasteiger partial charge >= 0.3 is 0 Å². The lowest BCUT2D eigenvalue weighted by molar-refractivity contribution is 0.540. The third kappa shape index (κ3) is 8.12. The molecule has 2 aromatic carbocycles. The van der Waals surface area contributed by atoms with E-state index in [1.807, 2.05) is 0 Å². The van der Waals surface area contributed by atoms with Crippen molar-refractivity contribution in [3.05, 3.63) is 63.2 Å². The van der Waals surface area contributed by atoms with Crippen molar-refractivity contribution in [3.8, 4) is 0 Å². The zero-order chi connectivity index (χ0) is 34.9. The van der Waals surface area contributed by atoms with Crippen LogP contribution in [0.25, 0.3) is 0 Å². The van der Waals surface area contributed by atoms with Crippen LogP contribution in [-0.4, -0.2) is 11.7 Å². The van der Waals surface area contributed by atoms with Crippen molar-refractivity contribution < 1.29 is 0 Å². The molecule has 0 aromatic heterocycles. The van der Waals surface area contributed by atoms with E-state index >= 15 is 0 Å². The summed E-state index contributed by atoms with van der Waals surface area (Å²) in [6.07, 6.45) is 3.62. The van der Waals surface area contributed by atoms with Gasteiger partial charge in [0.25, 0.3) is 0 Å². The Bertz CT molecular complexity index is 1420. The van der Waals surface area contributed by atoms with Gasteiger partial charge in [0.2, 0.25) is 0 Å². The van der Waals surface area contributed by atoms with Crippen molar-refractivity contribution in [1.29, 1.82) is 0 Å². The fraction of sp³-hybridized carbons (Fsp3) is 0.690. The van der Waals surface area contributed by atoms with Gasteiger partial charge in [0.1, 0.15) is 13.1 Å². The fourth-order valence-corrected chi connectivity index (χ4v) is 18.6. The molecule has 252 valence electrons. The van der Waals surface area contributed by atoms with Crippen LogP contribution in [0.2, 0.25) is 0 Å². The maximum absolute atomic E-state index is 6.98. The van der Waals surface area contributed by atoms with Crippen LogP contribution in [0.1, 0.15) is 189 Å². The van der Waals surface area contributed by atoms with E-state index in [1.165, 1.54) is 41.3 Å². The molecular weight excluding hydrogens is 598 g/mol. The average molecular weight is 668 g/mol. The molecule has 1 heterocycles. The molecule has 0 spiro atoms. The lowest BCUT2D eigenvalue weighted by atomic mass is 9.72. The first-order chi connectivity index (χ1) is 19.9. The molecule has 1 aliphatic heterocycles. The molecule has 3 rings (SSSR count).